The van der Waals surface area contributed by atoms with E-state index in [2.05, 4.69) is 21.2 Å². The Balaban J connectivity index is 2.34. The van der Waals surface area contributed by atoms with Gasteiger partial charge >= 0.3 is 0 Å². The lowest BCUT2D eigenvalue weighted by Gasteiger charge is -2.11. The highest BCUT2D eigenvalue weighted by atomic mass is 79.9. The van der Waals surface area contributed by atoms with Crippen LogP contribution in [-0.4, -0.2) is 0 Å². The van der Waals surface area contributed by atoms with Gasteiger partial charge in [-0.2, -0.15) is 0 Å². The third-order valence-electron chi connectivity index (χ3n) is 2.47. The molecule has 3 N–H and O–H groups in total. The second-order valence-corrected chi connectivity index (χ2v) is 4.66. The minimum absolute atomic E-state index is 0.347. The number of rotatable bonds is 2. The molecular weight excluding hydrogens is 283 g/mol. The summed E-state index contributed by atoms with van der Waals surface area (Å²) in [6.07, 6.45) is 0. The first-order valence-electron chi connectivity index (χ1n) is 5.14. The summed E-state index contributed by atoms with van der Waals surface area (Å²) in [6.45, 7) is 1.98. The molecule has 0 aliphatic rings. The molecule has 0 fully saturated rings. The summed E-state index contributed by atoms with van der Waals surface area (Å²) in [5, 5.41) is 3.14. The van der Waals surface area contributed by atoms with Crippen LogP contribution in [0, 0.1) is 12.7 Å². The average Bonchev–Trinajstić information content (AvgIpc) is 2.23. The van der Waals surface area contributed by atoms with Crippen LogP contribution < -0.4 is 11.1 Å². The lowest BCUT2D eigenvalue weighted by atomic mass is 10.2. The minimum Gasteiger partial charge on any atom is -0.399 e. The van der Waals surface area contributed by atoms with Gasteiger partial charge in [0.25, 0.3) is 0 Å². The number of nitrogens with one attached hydrogen (secondary N) is 1. The summed E-state index contributed by atoms with van der Waals surface area (Å²) in [7, 11) is 0. The van der Waals surface area contributed by atoms with Crippen LogP contribution in [0.15, 0.2) is 40.9 Å². The van der Waals surface area contributed by atoms with E-state index in [0.717, 1.165) is 15.7 Å². The molecule has 0 radical (unpaired) electrons. The molecule has 0 unspecified atom stereocenters. The predicted octanol–water partition coefficient (Wildman–Crippen LogP) is 4.22. The Bertz CT molecular complexity index is 535. The van der Waals surface area contributed by atoms with Crippen LogP contribution in [0.5, 0.6) is 0 Å². The van der Waals surface area contributed by atoms with Gasteiger partial charge in [0, 0.05) is 21.5 Å². The summed E-state index contributed by atoms with van der Waals surface area (Å²) in [5.74, 6) is -0.347. The summed E-state index contributed by atoms with van der Waals surface area (Å²) in [6, 6.07) is 10.2. The van der Waals surface area contributed by atoms with E-state index in [1.165, 1.54) is 12.1 Å². The Morgan fingerprint density at radius 1 is 1.24 bits per heavy atom. The van der Waals surface area contributed by atoms with Gasteiger partial charge in [-0.3, -0.25) is 0 Å². The van der Waals surface area contributed by atoms with Crippen molar-refractivity contribution >= 4 is 33.0 Å². The van der Waals surface area contributed by atoms with Crippen molar-refractivity contribution in [2.45, 2.75) is 6.92 Å². The zero-order valence-electron chi connectivity index (χ0n) is 9.30. The van der Waals surface area contributed by atoms with Gasteiger partial charge in [0.1, 0.15) is 5.82 Å². The van der Waals surface area contributed by atoms with Crippen LogP contribution in [-0.2, 0) is 0 Å². The van der Waals surface area contributed by atoms with Gasteiger partial charge < -0.3 is 11.1 Å². The highest BCUT2D eigenvalue weighted by Crippen LogP contribution is 2.27. The number of hydrogen-bond donors (Lipinski definition) is 2. The molecule has 88 valence electrons. The molecule has 2 aromatic rings. The molecule has 0 saturated carbocycles. The molecule has 0 aliphatic carbocycles. The van der Waals surface area contributed by atoms with Gasteiger partial charge in [0.2, 0.25) is 0 Å². The molecule has 2 rings (SSSR count). The molecule has 0 bridgehead atoms. The predicted molar refractivity (Wildman–Crippen MR) is 73.0 cm³/mol. The van der Waals surface area contributed by atoms with Crippen LogP contribution in [0.25, 0.3) is 0 Å². The molecule has 0 heterocycles. The number of benzene rings is 2. The van der Waals surface area contributed by atoms with Crippen molar-refractivity contribution in [2.24, 2.45) is 0 Å². The number of nitrogens with two attached hydrogens (primary N) is 1. The molecule has 0 saturated heterocycles. The zero-order chi connectivity index (χ0) is 12.4. The van der Waals surface area contributed by atoms with E-state index in [0.29, 0.717) is 11.4 Å². The maximum atomic E-state index is 13.2. The molecule has 2 nitrogen and oxygen atoms in total. The smallest absolute Gasteiger partial charge is 0.127 e. The Morgan fingerprint density at radius 3 is 2.71 bits per heavy atom. The second-order valence-electron chi connectivity index (χ2n) is 3.81. The second kappa shape index (κ2) is 4.75. The van der Waals surface area contributed by atoms with Crippen molar-refractivity contribution in [3.05, 3.63) is 52.3 Å². The Kier molecular flexibility index (Phi) is 3.33. The van der Waals surface area contributed by atoms with Gasteiger partial charge in [-0.05, 0) is 42.8 Å². The van der Waals surface area contributed by atoms with E-state index < -0.39 is 0 Å². The Labute approximate surface area is 108 Å². The van der Waals surface area contributed by atoms with E-state index in [1.807, 2.05) is 25.1 Å². The molecule has 0 aromatic heterocycles. The van der Waals surface area contributed by atoms with Gasteiger partial charge in [-0.25, -0.2) is 4.39 Å². The molecule has 17 heavy (non-hydrogen) atoms. The number of hydrogen-bond acceptors (Lipinski definition) is 2. The third-order valence-corrected chi connectivity index (χ3v) is 3.33. The fraction of sp³-hybridized carbons (Fsp3) is 0.0769. The maximum Gasteiger partial charge on any atom is 0.127 e. The molecular formula is C13H12BrFN2. The molecule has 0 amide bonds. The van der Waals surface area contributed by atoms with Gasteiger partial charge in [0.05, 0.1) is 0 Å². The number of halogens is 2. The minimum atomic E-state index is -0.347. The fourth-order valence-electron chi connectivity index (χ4n) is 1.58. The monoisotopic (exact) mass is 294 g/mol. The lowest BCUT2D eigenvalue weighted by molar-refractivity contribution is 0.629. The Hall–Kier alpha value is -1.55. The van der Waals surface area contributed by atoms with E-state index >= 15 is 0 Å². The van der Waals surface area contributed by atoms with Crippen LogP contribution in [0.3, 0.4) is 0 Å². The summed E-state index contributed by atoms with van der Waals surface area (Å²) in [5.41, 5.74) is 8.62. The van der Waals surface area contributed by atoms with E-state index in [9.17, 15) is 4.39 Å². The first-order chi connectivity index (χ1) is 8.06. The van der Waals surface area contributed by atoms with Gasteiger partial charge in [0.15, 0.2) is 0 Å². The number of anilines is 3. The van der Waals surface area contributed by atoms with Crippen LogP contribution in [0.2, 0.25) is 0 Å². The Morgan fingerprint density at radius 2 is 2.00 bits per heavy atom. The first kappa shape index (κ1) is 11.9. The van der Waals surface area contributed by atoms with Crippen LogP contribution in [0.4, 0.5) is 21.5 Å². The molecule has 2 aromatic carbocycles. The highest BCUT2D eigenvalue weighted by Gasteiger charge is 2.03. The van der Waals surface area contributed by atoms with Crippen molar-refractivity contribution in [1.29, 1.82) is 0 Å². The standard InChI is InChI=1S/C13H12BrFN2/c1-8-12(14)3-2-4-13(8)17-11-6-9(15)5-10(16)7-11/h2-7,17H,16H2,1H3. The molecule has 4 heteroatoms. The highest BCUT2D eigenvalue weighted by molar-refractivity contribution is 9.10. The first-order valence-corrected chi connectivity index (χ1v) is 5.94. The normalized spacial score (nSPS) is 10.3. The largest absolute Gasteiger partial charge is 0.399 e. The average molecular weight is 295 g/mol. The summed E-state index contributed by atoms with van der Waals surface area (Å²) < 4.78 is 14.2. The molecule has 0 atom stereocenters. The zero-order valence-corrected chi connectivity index (χ0v) is 10.9. The lowest BCUT2D eigenvalue weighted by Crippen LogP contribution is -1.96. The quantitative estimate of drug-likeness (QED) is 0.814. The maximum absolute atomic E-state index is 13.2. The number of nitrogen functional groups attached to an aromatic ring is 1. The molecule has 0 spiro atoms. The van der Waals surface area contributed by atoms with E-state index in [-0.39, 0.29) is 5.82 Å². The molecule has 0 aliphatic heterocycles. The van der Waals surface area contributed by atoms with Crippen molar-refractivity contribution < 1.29 is 4.39 Å². The van der Waals surface area contributed by atoms with Crippen molar-refractivity contribution in [3.8, 4) is 0 Å². The van der Waals surface area contributed by atoms with E-state index in [4.69, 9.17) is 5.73 Å². The van der Waals surface area contributed by atoms with Crippen LogP contribution >= 0.6 is 15.9 Å². The SMILES string of the molecule is Cc1c(Br)cccc1Nc1cc(N)cc(F)c1. The third kappa shape index (κ3) is 2.77. The summed E-state index contributed by atoms with van der Waals surface area (Å²) >= 11 is 3.45. The van der Waals surface area contributed by atoms with E-state index in [1.54, 1.807) is 6.07 Å². The fourth-order valence-corrected chi connectivity index (χ4v) is 1.95. The topological polar surface area (TPSA) is 38.0 Å². The van der Waals surface area contributed by atoms with Gasteiger partial charge in [-0.1, -0.05) is 22.0 Å². The van der Waals surface area contributed by atoms with Crippen molar-refractivity contribution in [1.82, 2.24) is 0 Å². The summed E-state index contributed by atoms with van der Waals surface area (Å²) in [4.78, 5) is 0. The van der Waals surface area contributed by atoms with Crippen molar-refractivity contribution in [3.63, 3.8) is 0 Å². The van der Waals surface area contributed by atoms with Crippen LogP contribution in [0.1, 0.15) is 5.56 Å². The van der Waals surface area contributed by atoms with Gasteiger partial charge in [-0.15, -0.1) is 0 Å². The van der Waals surface area contributed by atoms with Crippen molar-refractivity contribution in [2.75, 3.05) is 11.1 Å².